The largest absolute Gasteiger partial charge is 0.383 e. The van der Waals surface area contributed by atoms with Gasteiger partial charge in [-0.15, -0.1) is 0 Å². The Morgan fingerprint density at radius 3 is 2.35 bits per heavy atom. The number of carbonyl (C=O) groups is 1. The van der Waals surface area contributed by atoms with Gasteiger partial charge in [0.1, 0.15) is 0 Å². The van der Waals surface area contributed by atoms with Gasteiger partial charge in [0.2, 0.25) is 10.0 Å². The molecule has 1 heterocycles. The number of hydrogen-bond donors (Lipinski definition) is 0. The second-order valence-corrected chi connectivity index (χ2v) is 11.4. The molecule has 0 saturated carbocycles. The zero-order valence-electron chi connectivity index (χ0n) is 19.3. The van der Waals surface area contributed by atoms with Crippen LogP contribution in [0.25, 0.3) is 10.2 Å². The molecule has 11 heteroatoms. The van der Waals surface area contributed by atoms with Crippen LogP contribution in [0.1, 0.15) is 37.0 Å². The summed E-state index contributed by atoms with van der Waals surface area (Å²) in [4.78, 5) is 17.9. The van der Waals surface area contributed by atoms with Gasteiger partial charge < -0.3 is 9.30 Å². The molecule has 1 amide bonds. The number of sulfonamides is 1. The van der Waals surface area contributed by atoms with E-state index in [1.165, 1.54) is 39.9 Å². The Bertz CT molecular complexity index is 1330. The van der Waals surface area contributed by atoms with E-state index in [9.17, 15) is 13.2 Å². The molecule has 0 bridgehead atoms. The molecule has 0 radical (unpaired) electrons. The summed E-state index contributed by atoms with van der Waals surface area (Å²) >= 11 is 13.9. The minimum absolute atomic E-state index is 0.157. The van der Waals surface area contributed by atoms with E-state index in [-0.39, 0.29) is 10.5 Å². The van der Waals surface area contributed by atoms with Crippen LogP contribution in [-0.2, 0) is 21.3 Å². The molecule has 3 rings (SSSR count). The van der Waals surface area contributed by atoms with Crippen LogP contribution in [0.3, 0.4) is 0 Å². The summed E-state index contributed by atoms with van der Waals surface area (Å²) in [5, 5.41) is 0.953. The fourth-order valence-corrected chi connectivity index (χ4v) is 6.99. The number of halogens is 2. The Kier molecular flexibility index (Phi) is 9.31. The van der Waals surface area contributed by atoms with Crippen LogP contribution in [0.15, 0.2) is 46.3 Å². The van der Waals surface area contributed by atoms with Crippen LogP contribution in [-0.4, -0.2) is 50.0 Å². The van der Waals surface area contributed by atoms with E-state index in [1.54, 1.807) is 19.2 Å². The summed E-state index contributed by atoms with van der Waals surface area (Å²) in [5.74, 6) is -0.483. The van der Waals surface area contributed by atoms with Crippen molar-refractivity contribution in [3.05, 3.63) is 56.8 Å². The third-order valence-corrected chi connectivity index (χ3v) is 8.54. The molecular weight excluding hydrogens is 517 g/mol. The van der Waals surface area contributed by atoms with E-state index >= 15 is 0 Å². The number of amides is 1. The summed E-state index contributed by atoms with van der Waals surface area (Å²) in [6.07, 6.45) is 1.45. The second kappa shape index (κ2) is 11.8. The first-order valence-electron chi connectivity index (χ1n) is 10.9. The molecule has 0 aliphatic rings. The molecular formula is C23H27Cl2N3O4S2. The number of rotatable bonds is 10. The van der Waals surface area contributed by atoms with E-state index in [0.29, 0.717) is 41.1 Å². The van der Waals surface area contributed by atoms with Gasteiger partial charge >= 0.3 is 0 Å². The van der Waals surface area contributed by atoms with Crippen LogP contribution >= 0.6 is 34.5 Å². The van der Waals surface area contributed by atoms with Crippen molar-refractivity contribution in [1.82, 2.24) is 8.87 Å². The molecule has 7 nitrogen and oxygen atoms in total. The number of thiazole rings is 1. The number of aromatic nitrogens is 1. The van der Waals surface area contributed by atoms with Gasteiger partial charge in [0.05, 0.1) is 26.7 Å². The molecule has 3 aromatic rings. The molecule has 0 fully saturated rings. The normalized spacial score (nSPS) is 12.7. The maximum absolute atomic E-state index is 13.0. The molecule has 34 heavy (non-hydrogen) atoms. The van der Waals surface area contributed by atoms with Crippen molar-refractivity contribution in [3.63, 3.8) is 0 Å². The molecule has 0 aliphatic heterocycles. The van der Waals surface area contributed by atoms with Gasteiger partial charge in [-0.05, 0) is 49.2 Å². The fourth-order valence-electron chi connectivity index (χ4n) is 3.53. The Morgan fingerprint density at radius 1 is 1.12 bits per heavy atom. The predicted molar refractivity (Wildman–Crippen MR) is 137 cm³/mol. The van der Waals surface area contributed by atoms with Gasteiger partial charge in [-0.2, -0.15) is 9.30 Å². The number of ether oxygens (including phenoxy) is 1. The van der Waals surface area contributed by atoms with Crippen LogP contribution in [0.4, 0.5) is 0 Å². The summed E-state index contributed by atoms with van der Waals surface area (Å²) in [6.45, 7) is 5.64. The molecule has 184 valence electrons. The first-order valence-corrected chi connectivity index (χ1v) is 13.9. The number of methoxy groups -OCH3 is 1. The zero-order chi connectivity index (χ0) is 24.9. The topological polar surface area (TPSA) is 81.0 Å². The minimum atomic E-state index is -3.62. The molecule has 0 saturated heterocycles. The van der Waals surface area contributed by atoms with Crippen molar-refractivity contribution in [2.45, 2.75) is 38.1 Å². The number of hydrogen-bond acceptors (Lipinski definition) is 5. The van der Waals surface area contributed by atoms with Gasteiger partial charge in [0, 0.05) is 37.3 Å². The molecule has 1 aromatic heterocycles. The standard InChI is InChI=1S/C23H27Cl2N3O4S2/c1-4-10-27(11-5-2)34(30,31)18-8-6-16(7-9-18)22(29)26-23-28(12-13-32-3)21-19(25)14-17(24)15-20(21)33-23/h6-9,14-15H,4-5,10-13H2,1-3H3. The summed E-state index contributed by atoms with van der Waals surface area (Å²) in [6, 6.07) is 9.32. The molecule has 2 aromatic carbocycles. The summed E-state index contributed by atoms with van der Waals surface area (Å²) in [5.41, 5.74) is 1.02. The van der Waals surface area contributed by atoms with Crippen molar-refractivity contribution in [2.24, 2.45) is 4.99 Å². The lowest BCUT2D eigenvalue weighted by Crippen LogP contribution is -2.32. The highest BCUT2D eigenvalue weighted by molar-refractivity contribution is 7.89. The van der Waals surface area contributed by atoms with Gasteiger partial charge in [0.25, 0.3) is 5.91 Å². The minimum Gasteiger partial charge on any atom is -0.383 e. The molecule has 0 atom stereocenters. The van der Waals surface area contributed by atoms with E-state index in [4.69, 9.17) is 27.9 Å². The number of nitrogens with zero attached hydrogens (tertiary/aromatic N) is 3. The van der Waals surface area contributed by atoms with Crippen molar-refractivity contribution in [3.8, 4) is 0 Å². The Labute approximate surface area is 213 Å². The van der Waals surface area contributed by atoms with Gasteiger partial charge in [-0.3, -0.25) is 4.79 Å². The van der Waals surface area contributed by atoms with Gasteiger partial charge in [-0.1, -0.05) is 48.4 Å². The third-order valence-electron chi connectivity index (χ3n) is 5.10. The second-order valence-electron chi connectivity index (χ2n) is 7.61. The van der Waals surface area contributed by atoms with Crippen LogP contribution in [0.5, 0.6) is 0 Å². The predicted octanol–water partition coefficient (Wildman–Crippen LogP) is 5.21. The van der Waals surface area contributed by atoms with Crippen molar-refractivity contribution in [1.29, 1.82) is 0 Å². The zero-order valence-corrected chi connectivity index (χ0v) is 22.4. The monoisotopic (exact) mass is 543 g/mol. The van der Waals surface area contributed by atoms with E-state index in [0.717, 1.165) is 23.1 Å². The van der Waals surface area contributed by atoms with E-state index in [1.807, 2.05) is 18.4 Å². The quantitative estimate of drug-likeness (QED) is 0.351. The maximum Gasteiger partial charge on any atom is 0.279 e. The highest BCUT2D eigenvalue weighted by Gasteiger charge is 2.23. The smallest absolute Gasteiger partial charge is 0.279 e. The lowest BCUT2D eigenvalue weighted by Gasteiger charge is -2.21. The molecule has 0 aliphatic carbocycles. The first-order chi connectivity index (χ1) is 16.2. The van der Waals surface area contributed by atoms with Crippen molar-refractivity contribution in [2.75, 3.05) is 26.8 Å². The average Bonchev–Trinajstić information content (AvgIpc) is 3.14. The molecule has 0 unspecified atom stereocenters. The highest BCUT2D eigenvalue weighted by Crippen LogP contribution is 2.29. The number of benzene rings is 2. The van der Waals surface area contributed by atoms with Crippen LogP contribution < -0.4 is 4.80 Å². The lowest BCUT2D eigenvalue weighted by atomic mass is 10.2. The summed E-state index contributed by atoms with van der Waals surface area (Å²) in [7, 11) is -2.03. The van der Waals surface area contributed by atoms with Crippen LogP contribution in [0.2, 0.25) is 10.0 Å². The van der Waals surface area contributed by atoms with Crippen molar-refractivity contribution < 1.29 is 17.9 Å². The molecule has 0 N–H and O–H groups in total. The van der Waals surface area contributed by atoms with Crippen molar-refractivity contribution >= 4 is 60.7 Å². The van der Waals surface area contributed by atoms with E-state index < -0.39 is 15.9 Å². The Hall–Kier alpha value is -1.75. The van der Waals surface area contributed by atoms with E-state index in [2.05, 4.69) is 4.99 Å². The average molecular weight is 545 g/mol. The maximum atomic E-state index is 13.0. The highest BCUT2D eigenvalue weighted by atomic mass is 35.5. The lowest BCUT2D eigenvalue weighted by molar-refractivity contribution is 0.0997. The van der Waals surface area contributed by atoms with Crippen LogP contribution in [0, 0.1) is 0 Å². The SMILES string of the molecule is CCCN(CCC)S(=O)(=O)c1ccc(C(=O)N=c2sc3cc(Cl)cc(Cl)c3n2CCOC)cc1. The fraction of sp³-hybridized carbons (Fsp3) is 0.391. The number of fused-ring (bicyclic) bond motifs is 1. The Balaban J connectivity index is 1.98. The summed E-state index contributed by atoms with van der Waals surface area (Å²) < 4.78 is 35.2. The number of carbonyl (C=O) groups excluding carboxylic acids is 1. The van der Waals surface area contributed by atoms with Gasteiger partial charge in [-0.25, -0.2) is 8.42 Å². The van der Waals surface area contributed by atoms with Gasteiger partial charge in [0.15, 0.2) is 4.80 Å². The Morgan fingerprint density at radius 2 is 1.76 bits per heavy atom. The first kappa shape index (κ1) is 26.8. The molecule has 0 spiro atoms. The third kappa shape index (κ3) is 5.90.